The Labute approximate surface area is 126 Å². The number of nitrogens with zero attached hydrogens (tertiary/aromatic N) is 3. The lowest BCUT2D eigenvalue weighted by Gasteiger charge is -2.18. The SMILES string of the molecule is CCC(C)n1nc(C(=O)N2CCCS(=O)(=O)CC2)cc1C. The van der Waals surface area contributed by atoms with Crippen LogP contribution in [0.2, 0.25) is 0 Å². The predicted molar refractivity (Wildman–Crippen MR) is 81.1 cm³/mol. The Morgan fingerprint density at radius 1 is 1.38 bits per heavy atom. The molecule has 0 saturated carbocycles. The lowest BCUT2D eigenvalue weighted by molar-refractivity contribution is 0.0761. The molecule has 6 nitrogen and oxygen atoms in total. The first kappa shape index (κ1) is 16.0. The zero-order valence-electron chi connectivity index (χ0n) is 12.9. The quantitative estimate of drug-likeness (QED) is 0.846. The van der Waals surface area contributed by atoms with Crippen LogP contribution in [0.4, 0.5) is 0 Å². The van der Waals surface area contributed by atoms with Crippen LogP contribution in [0.25, 0.3) is 0 Å². The molecule has 0 radical (unpaired) electrons. The topological polar surface area (TPSA) is 72.3 Å². The summed E-state index contributed by atoms with van der Waals surface area (Å²) in [7, 11) is -3.01. The highest BCUT2D eigenvalue weighted by Gasteiger charge is 2.25. The fourth-order valence-electron chi connectivity index (χ4n) is 2.51. The van der Waals surface area contributed by atoms with Crippen molar-refractivity contribution in [2.24, 2.45) is 0 Å². The summed E-state index contributed by atoms with van der Waals surface area (Å²) < 4.78 is 25.1. The number of carbonyl (C=O) groups excluding carboxylic acids is 1. The lowest BCUT2D eigenvalue weighted by atomic mass is 10.2. The average molecular weight is 313 g/mol. The second-order valence-electron chi connectivity index (χ2n) is 5.67. The van der Waals surface area contributed by atoms with Crippen LogP contribution in [0.5, 0.6) is 0 Å². The zero-order valence-corrected chi connectivity index (χ0v) is 13.7. The lowest BCUT2D eigenvalue weighted by Crippen LogP contribution is -2.34. The molecule has 1 aromatic rings. The number of sulfone groups is 1. The molecule has 0 spiro atoms. The molecule has 1 unspecified atom stereocenters. The Hall–Kier alpha value is -1.37. The average Bonchev–Trinajstić information content (AvgIpc) is 2.73. The molecule has 1 aliphatic rings. The van der Waals surface area contributed by atoms with Crippen molar-refractivity contribution >= 4 is 15.7 Å². The van der Waals surface area contributed by atoms with E-state index in [1.165, 1.54) is 0 Å². The summed E-state index contributed by atoms with van der Waals surface area (Å²) in [5.41, 5.74) is 1.36. The Morgan fingerprint density at radius 2 is 2.10 bits per heavy atom. The number of aryl methyl sites for hydroxylation is 1. The molecule has 1 saturated heterocycles. The molecule has 1 fully saturated rings. The molecule has 7 heteroatoms. The third-order valence-corrected chi connectivity index (χ3v) is 5.71. The molecule has 2 heterocycles. The first-order chi connectivity index (χ1) is 9.84. The first-order valence-corrected chi connectivity index (χ1v) is 9.22. The van der Waals surface area contributed by atoms with Gasteiger partial charge < -0.3 is 4.90 Å². The van der Waals surface area contributed by atoms with Gasteiger partial charge in [0.25, 0.3) is 5.91 Å². The van der Waals surface area contributed by atoms with Crippen molar-refractivity contribution in [1.29, 1.82) is 0 Å². The maximum atomic E-state index is 12.5. The third-order valence-electron chi connectivity index (χ3n) is 3.99. The molecular formula is C14H23N3O3S. The first-order valence-electron chi connectivity index (χ1n) is 7.40. The van der Waals surface area contributed by atoms with Gasteiger partial charge in [0.15, 0.2) is 15.5 Å². The monoisotopic (exact) mass is 313 g/mol. The summed E-state index contributed by atoms with van der Waals surface area (Å²) in [5, 5.41) is 4.40. The van der Waals surface area contributed by atoms with Crippen molar-refractivity contribution in [3.63, 3.8) is 0 Å². The highest BCUT2D eigenvalue weighted by molar-refractivity contribution is 7.91. The summed E-state index contributed by atoms with van der Waals surface area (Å²) in [6.07, 6.45) is 1.44. The van der Waals surface area contributed by atoms with Gasteiger partial charge in [-0.3, -0.25) is 9.48 Å². The summed E-state index contributed by atoms with van der Waals surface area (Å²) in [4.78, 5) is 14.1. The van der Waals surface area contributed by atoms with E-state index in [1.807, 2.05) is 11.6 Å². The van der Waals surface area contributed by atoms with Crippen LogP contribution < -0.4 is 0 Å². The van der Waals surface area contributed by atoms with Gasteiger partial charge in [-0.2, -0.15) is 5.10 Å². The molecule has 2 rings (SSSR count). The highest BCUT2D eigenvalue weighted by atomic mass is 32.2. The Bertz CT molecular complexity index is 621. The van der Waals surface area contributed by atoms with Crippen molar-refractivity contribution in [3.05, 3.63) is 17.5 Å². The Balaban J connectivity index is 2.17. The summed E-state index contributed by atoms with van der Waals surface area (Å²) in [6, 6.07) is 2.03. The largest absolute Gasteiger partial charge is 0.336 e. The molecule has 0 aromatic carbocycles. The van der Waals surface area contributed by atoms with Gasteiger partial charge in [-0.1, -0.05) is 6.92 Å². The summed E-state index contributed by atoms with van der Waals surface area (Å²) in [6.45, 7) is 6.81. The van der Waals surface area contributed by atoms with Gasteiger partial charge in [0.2, 0.25) is 0 Å². The van der Waals surface area contributed by atoms with E-state index in [9.17, 15) is 13.2 Å². The second kappa shape index (κ2) is 6.17. The van der Waals surface area contributed by atoms with Crippen LogP contribution in [0.3, 0.4) is 0 Å². The van der Waals surface area contributed by atoms with Crippen molar-refractivity contribution in [3.8, 4) is 0 Å². The van der Waals surface area contributed by atoms with Crippen molar-refractivity contribution < 1.29 is 13.2 Å². The van der Waals surface area contributed by atoms with Gasteiger partial charge in [-0.25, -0.2) is 8.42 Å². The van der Waals surface area contributed by atoms with E-state index in [0.29, 0.717) is 18.7 Å². The van der Waals surface area contributed by atoms with Crippen LogP contribution in [-0.2, 0) is 9.84 Å². The number of rotatable bonds is 3. The standard InChI is InChI=1S/C14H23N3O3S/c1-4-11(2)17-12(3)10-13(15-17)14(18)16-6-5-8-21(19,20)9-7-16/h10-11H,4-9H2,1-3H3. The van der Waals surface area contributed by atoms with Crippen molar-refractivity contribution in [1.82, 2.24) is 14.7 Å². The van der Waals surface area contributed by atoms with E-state index < -0.39 is 9.84 Å². The summed E-state index contributed by atoms with van der Waals surface area (Å²) in [5.74, 6) is 0.0400. The van der Waals surface area contributed by atoms with Crippen LogP contribution in [-0.4, -0.2) is 53.6 Å². The molecular weight excluding hydrogens is 290 g/mol. The molecule has 21 heavy (non-hydrogen) atoms. The number of aromatic nitrogens is 2. The highest BCUT2D eigenvalue weighted by Crippen LogP contribution is 2.16. The fraction of sp³-hybridized carbons (Fsp3) is 0.714. The maximum absolute atomic E-state index is 12.5. The molecule has 1 aliphatic heterocycles. The van der Waals surface area contributed by atoms with Crippen LogP contribution in [0.1, 0.15) is 48.9 Å². The molecule has 0 bridgehead atoms. The maximum Gasteiger partial charge on any atom is 0.274 e. The number of hydrogen-bond acceptors (Lipinski definition) is 4. The van der Waals surface area contributed by atoms with Gasteiger partial charge in [0.1, 0.15) is 0 Å². The number of hydrogen-bond donors (Lipinski definition) is 0. The minimum absolute atomic E-state index is 0.0454. The fourth-order valence-corrected chi connectivity index (χ4v) is 3.79. The Morgan fingerprint density at radius 3 is 2.76 bits per heavy atom. The molecule has 0 N–H and O–H groups in total. The normalized spacial score (nSPS) is 20.0. The minimum Gasteiger partial charge on any atom is -0.336 e. The minimum atomic E-state index is -3.01. The van der Waals surface area contributed by atoms with E-state index in [-0.39, 0.29) is 30.0 Å². The van der Waals surface area contributed by atoms with E-state index >= 15 is 0 Å². The predicted octanol–water partition coefficient (Wildman–Crippen LogP) is 1.42. The van der Waals surface area contributed by atoms with Gasteiger partial charge >= 0.3 is 0 Å². The van der Waals surface area contributed by atoms with Gasteiger partial charge in [0, 0.05) is 24.8 Å². The van der Waals surface area contributed by atoms with Gasteiger partial charge in [-0.05, 0) is 32.8 Å². The van der Waals surface area contributed by atoms with E-state index in [0.717, 1.165) is 12.1 Å². The van der Waals surface area contributed by atoms with Crippen LogP contribution in [0, 0.1) is 6.92 Å². The zero-order chi connectivity index (χ0) is 15.6. The van der Waals surface area contributed by atoms with Crippen LogP contribution in [0.15, 0.2) is 6.07 Å². The van der Waals surface area contributed by atoms with Crippen molar-refractivity contribution in [2.45, 2.75) is 39.7 Å². The third kappa shape index (κ3) is 3.64. The molecule has 1 aromatic heterocycles. The molecule has 1 atom stereocenters. The van der Waals surface area contributed by atoms with Gasteiger partial charge in [0.05, 0.1) is 11.5 Å². The van der Waals surface area contributed by atoms with Gasteiger partial charge in [-0.15, -0.1) is 0 Å². The van der Waals surface area contributed by atoms with E-state index in [4.69, 9.17) is 0 Å². The molecule has 118 valence electrons. The number of amides is 1. The van der Waals surface area contributed by atoms with Crippen molar-refractivity contribution in [2.75, 3.05) is 24.6 Å². The second-order valence-corrected chi connectivity index (χ2v) is 7.97. The summed E-state index contributed by atoms with van der Waals surface area (Å²) >= 11 is 0. The van der Waals surface area contributed by atoms with E-state index in [2.05, 4.69) is 18.9 Å². The van der Waals surface area contributed by atoms with Crippen LogP contribution >= 0.6 is 0 Å². The van der Waals surface area contributed by atoms with E-state index in [1.54, 1.807) is 11.0 Å². The smallest absolute Gasteiger partial charge is 0.274 e. The molecule has 1 amide bonds. The molecule has 0 aliphatic carbocycles. The Kier molecular flexibility index (Phi) is 4.70. The number of carbonyl (C=O) groups is 1.